The summed E-state index contributed by atoms with van der Waals surface area (Å²) in [5.74, 6) is 1.72. The fourth-order valence-corrected chi connectivity index (χ4v) is 4.34. The molecule has 35 heavy (non-hydrogen) atoms. The molecular weight excluding hydrogens is 445 g/mol. The number of rotatable bonds is 8. The Morgan fingerprint density at radius 1 is 0.914 bits per heavy atom. The number of hydrogen-bond donors (Lipinski definition) is 0. The molecule has 0 amide bonds. The highest BCUT2D eigenvalue weighted by Crippen LogP contribution is 2.35. The second-order valence-corrected chi connectivity index (χ2v) is 8.84. The Balaban J connectivity index is 1.17. The summed E-state index contributed by atoms with van der Waals surface area (Å²) in [7, 11) is 0. The highest BCUT2D eigenvalue weighted by Gasteiger charge is 2.27. The Bertz CT molecular complexity index is 1220. The van der Waals surface area contributed by atoms with Crippen LogP contribution in [0.15, 0.2) is 72.5 Å². The molecule has 5 rings (SSSR count). The van der Waals surface area contributed by atoms with E-state index in [-0.39, 0.29) is 24.0 Å². The van der Waals surface area contributed by atoms with Gasteiger partial charge in [0.05, 0.1) is 5.56 Å². The van der Waals surface area contributed by atoms with Gasteiger partial charge in [-0.2, -0.15) is 0 Å². The lowest BCUT2D eigenvalue weighted by molar-refractivity contribution is 0.101. The summed E-state index contributed by atoms with van der Waals surface area (Å²) < 4.78 is 30.8. The highest BCUT2D eigenvalue weighted by atomic mass is 19.1. The van der Waals surface area contributed by atoms with E-state index < -0.39 is 0 Å². The van der Waals surface area contributed by atoms with E-state index in [0.29, 0.717) is 29.4 Å². The maximum Gasteiger partial charge on any atom is 0.231 e. The number of likely N-dealkylation sites (tertiary alicyclic amines) is 1. The van der Waals surface area contributed by atoms with E-state index in [0.717, 1.165) is 30.8 Å². The van der Waals surface area contributed by atoms with Crippen LogP contribution in [0.3, 0.4) is 0 Å². The van der Waals surface area contributed by atoms with Crippen molar-refractivity contribution in [2.45, 2.75) is 25.9 Å². The molecule has 2 heterocycles. The number of hydrogen-bond acceptors (Lipinski definition) is 5. The van der Waals surface area contributed by atoms with Gasteiger partial charge in [0.25, 0.3) is 0 Å². The van der Waals surface area contributed by atoms with E-state index in [9.17, 15) is 9.18 Å². The molecule has 3 aromatic rings. The lowest BCUT2D eigenvalue weighted by Gasteiger charge is -2.26. The third-order valence-corrected chi connectivity index (χ3v) is 6.24. The first-order chi connectivity index (χ1) is 17.1. The molecule has 3 aromatic carbocycles. The molecular formula is C29H28FNO4. The zero-order valence-corrected chi connectivity index (χ0v) is 19.5. The topological polar surface area (TPSA) is 48.0 Å². The molecule has 0 unspecified atom stereocenters. The molecule has 0 spiro atoms. The average molecular weight is 474 g/mol. The normalized spacial score (nSPS) is 16.7. The molecule has 5 nitrogen and oxygen atoms in total. The van der Waals surface area contributed by atoms with Crippen LogP contribution >= 0.6 is 0 Å². The molecule has 0 aromatic heterocycles. The van der Waals surface area contributed by atoms with Gasteiger partial charge >= 0.3 is 0 Å². The third kappa shape index (κ3) is 5.89. The second-order valence-electron chi connectivity index (χ2n) is 8.84. The number of nitrogens with zero attached hydrogens (tertiary/aromatic N) is 1. The van der Waals surface area contributed by atoms with Crippen molar-refractivity contribution in [2.24, 2.45) is 0 Å². The predicted molar refractivity (Wildman–Crippen MR) is 132 cm³/mol. The molecule has 0 bridgehead atoms. The van der Waals surface area contributed by atoms with Crippen LogP contribution in [0.25, 0.3) is 6.08 Å². The lowest BCUT2D eigenvalue weighted by Crippen LogP contribution is -2.33. The minimum absolute atomic E-state index is 0.147. The van der Waals surface area contributed by atoms with Gasteiger partial charge in [0, 0.05) is 12.6 Å². The van der Waals surface area contributed by atoms with Crippen LogP contribution in [-0.2, 0) is 6.61 Å². The van der Waals surface area contributed by atoms with E-state index in [4.69, 9.17) is 14.2 Å². The number of allylic oxidation sites excluding steroid dienone is 1. The van der Waals surface area contributed by atoms with Gasteiger partial charge in [0.1, 0.15) is 36.3 Å². The van der Waals surface area contributed by atoms with Crippen molar-refractivity contribution in [3.05, 3.63) is 95.0 Å². The Morgan fingerprint density at radius 3 is 2.51 bits per heavy atom. The van der Waals surface area contributed by atoms with Crippen molar-refractivity contribution in [3.63, 3.8) is 0 Å². The number of carbonyl (C=O) groups is 1. The molecule has 2 aliphatic heterocycles. The van der Waals surface area contributed by atoms with Gasteiger partial charge in [-0.3, -0.25) is 9.69 Å². The van der Waals surface area contributed by atoms with Crippen molar-refractivity contribution in [3.8, 4) is 17.2 Å². The summed E-state index contributed by atoms with van der Waals surface area (Å²) in [6.07, 6.45) is 5.55. The van der Waals surface area contributed by atoms with Crippen LogP contribution in [0.1, 0.15) is 40.7 Å². The Hall–Kier alpha value is -3.64. The first-order valence-corrected chi connectivity index (χ1v) is 12.0. The number of fused-ring (bicyclic) bond motifs is 1. The molecule has 0 radical (unpaired) electrons. The van der Waals surface area contributed by atoms with Crippen molar-refractivity contribution >= 4 is 11.9 Å². The summed E-state index contributed by atoms with van der Waals surface area (Å²) in [5, 5.41) is 0. The smallest absolute Gasteiger partial charge is 0.231 e. The van der Waals surface area contributed by atoms with E-state index in [2.05, 4.69) is 4.90 Å². The highest BCUT2D eigenvalue weighted by molar-refractivity contribution is 6.14. The fraction of sp³-hybridized carbons (Fsp3) is 0.276. The lowest BCUT2D eigenvalue weighted by atomic mass is 10.1. The molecule has 0 saturated carbocycles. The molecule has 0 aliphatic carbocycles. The molecule has 1 saturated heterocycles. The van der Waals surface area contributed by atoms with E-state index >= 15 is 0 Å². The number of ketones is 1. The molecule has 180 valence electrons. The Morgan fingerprint density at radius 2 is 1.71 bits per heavy atom. The second kappa shape index (κ2) is 10.7. The maximum absolute atomic E-state index is 13.3. The van der Waals surface area contributed by atoms with Gasteiger partial charge in [-0.25, -0.2) is 4.39 Å². The number of piperidine rings is 1. The largest absolute Gasteiger partial charge is 0.492 e. The summed E-state index contributed by atoms with van der Waals surface area (Å²) in [4.78, 5) is 15.2. The van der Waals surface area contributed by atoms with Gasteiger partial charge in [0.2, 0.25) is 5.78 Å². The third-order valence-electron chi connectivity index (χ3n) is 6.24. The van der Waals surface area contributed by atoms with Gasteiger partial charge in [-0.1, -0.05) is 30.7 Å². The van der Waals surface area contributed by atoms with E-state index in [1.165, 1.54) is 31.4 Å². The number of Topliss-reactive ketones (excluding diaryl/α,β-unsaturated/α-hetero) is 1. The van der Waals surface area contributed by atoms with Crippen molar-refractivity contribution in [1.82, 2.24) is 4.90 Å². The predicted octanol–water partition coefficient (Wildman–Crippen LogP) is 5.89. The zero-order chi connectivity index (χ0) is 24.0. The van der Waals surface area contributed by atoms with Gasteiger partial charge in [0.15, 0.2) is 5.76 Å². The standard InChI is InChI=1S/C29H28FNO4/c30-23-6-4-5-22(17-23)20-34-24-9-7-21(8-10-24)18-28-29(32)26-12-11-25(19-27(26)35-28)33-16-15-31-13-2-1-3-14-31/h4-12,17-19H,1-3,13-16,20H2/b28-18-. The minimum Gasteiger partial charge on any atom is -0.492 e. The quantitative estimate of drug-likeness (QED) is 0.382. The van der Waals surface area contributed by atoms with E-state index in [1.807, 2.05) is 36.4 Å². The Kier molecular flexibility index (Phi) is 7.09. The molecule has 0 N–H and O–H groups in total. The van der Waals surface area contributed by atoms with Crippen LogP contribution < -0.4 is 14.2 Å². The van der Waals surface area contributed by atoms with Gasteiger partial charge in [-0.05, 0) is 79.5 Å². The van der Waals surface area contributed by atoms with Gasteiger partial charge in [-0.15, -0.1) is 0 Å². The van der Waals surface area contributed by atoms with Crippen LogP contribution in [0, 0.1) is 5.82 Å². The summed E-state index contributed by atoms with van der Waals surface area (Å²) in [5.41, 5.74) is 2.11. The van der Waals surface area contributed by atoms with Crippen molar-refractivity contribution < 1.29 is 23.4 Å². The van der Waals surface area contributed by atoms with Crippen LogP contribution in [0.5, 0.6) is 17.2 Å². The number of halogens is 1. The molecule has 2 aliphatic rings. The van der Waals surface area contributed by atoms with Crippen molar-refractivity contribution in [1.29, 1.82) is 0 Å². The van der Waals surface area contributed by atoms with Crippen LogP contribution in [0.4, 0.5) is 4.39 Å². The van der Waals surface area contributed by atoms with Crippen LogP contribution in [0.2, 0.25) is 0 Å². The first kappa shape index (κ1) is 23.1. The van der Waals surface area contributed by atoms with E-state index in [1.54, 1.807) is 24.3 Å². The molecule has 6 heteroatoms. The van der Waals surface area contributed by atoms with Crippen LogP contribution in [-0.4, -0.2) is 36.9 Å². The monoisotopic (exact) mass is 473 g/mol. The number of benzene rings is 3. The fourth-order valence-electron chi connectivity index (χ4n) is 4.34. The van der Waals surface area contributed by atoms with Crippen molar-refractivity contribution in [2.75, 3.05) is 26.2 Å². The summed E-state index contributed by atoms with van der Waals surface area (Å²) in [6.45, 7) is 4.07. The Labute approximate surface area is 204 Å². The average Bonchev–Trinajstić information content (AvgIpc) is 3.18. The molecule has 1 fully saturated rings. The molecule has 0 atom stereocenters. The van der Waals surface area contributed by atoms with Gasteiger partial charge < -0.3 is 14.2 Å². The SMILES string of the molecule is O=C1/C(=C/c2ccc(OCc3cccc(F)c3)cc2)Oc2cc(OCCN3CCCCC3)ccc21. The maximum atomic E-state index is 13.3. The summed E-state index contributed by atoms with van der Waals surface area (Å²) in [6, 6.07) is 19.0. The minimum atomic E-state index is -0.286. The first-order valence-electron chi connectivity index (χ1n) is 12.0. The zero-order valence-electron chi connectivity index (χ0n) is 19.5. The number of ether oxygens (including phenoxy) is 3. The number of carbonyl (C=O) groups excluding carboxylic acids is 1. The summed E-state index contributed by atoms with van der Waals surface area (Å²) >= 11 is 0.